The second-order valence-corrected chi connectivity index (χ2v) is 4.79. The lowest BCUT2D eigenvalue weighted by Crippen LogP contribution is -2.12. The summed E-state index contributed by atoms with van der Waals surface area (Å²) in [6.45, 7) is 3.82. The fourth-order valence-corrected chi connectivity index (χ4v) is 2.17. The molecule has 3 aromatic rings. The highest BCUT2D eigenvalue weighted by Crippen LogP contribution is 2.10. The Hall–Kier alpha value is -2.13. The maximum atomic E-state index is 4.33. The number of nitrogens with zero attached hydrogens (tertiary/aromatic N) is 2. The lowest BCUT2D eigenvalue weighted by Gasteiger charge is -2.04. The third-order valence-corrected chi connectivity index (χ3v) is 3.27. The Morgan fingerprint density at radius 3 is 2.74 bits per heavy atom. The van der Waals surface area contributed by atoms with E-state index in [-0.39, 0.29) is 0 Å². The first kappa shape index (κ1) is 11.9. The number of benzene rings is 1. The molecule has 3 rings (SSSR count). The van der Waals surface area contributed by atoms with Crippen LogP contribution in [0, 0.1) is 6.92 Å². The third kappa shape index (κ3) is 2.66. The number of hydrogen-bond acceptors (Lipinski definition) is 2. The maximum Gasteiger partial charge on any atom is 0.0706 e. The van der Waals surface area contributed by atoms with Crippen LogP contribution in [-0.2, 0) is 13.1 Å². The van der Waals surface area contributed by atoms with Gasteiger partial charge in [0.05, 0.1) is 11.7 Å². The Labute approximate surface area is 112 Å². The van der Waals surface area contributed by atoms with Crippen molar-refractivity contribution in [3.05, 3.63) is 71.5 Å². The molecule has 0 unspecified atom stereocenters. The molecular weight excluding hydrogens is 234 g/mol. The molecule has 1 aromatic carbocycles. The normalized spacial score (nSPS) is 11.0. The lowest BCUT2D eigenvalue weighted by molar-refractivity contribution is 0.696. The van der Waals surface area contributed by atoms with Crippen molar-refractivity contribution < 1.29 is 0 Å². The largest absolute Gasteiger partial charge is 0.308 e. The van der Waals surface area contributed by atoms with Crippen LogP contribution in [0.2, 0.25) is 0 Å². The summed E-state index contributed by atoms with van der Waals surface area (Å²) in [6, 6.07) is 14.7. The Morgan fingerprint density at radius 1 is 1.05 bits per heavy atom. The van der Waals surface area contributed by atoms with Gasteiger partial charge in [0.1, 0.15) is 0 Å². The molecule has 0 radical (unpaired) electrons. The molecule has 0 aliphatic rings. The molecule has 0 aliphatic carbocycles. The standard InChI is InChI=1S/C16H17N3/c1-13-5-7-14(8-6-13)10-17-11-15-12-18-19-9-3-2-4-16(15)19/h2-9,12,17H,10-11H2,1H3. The van der Waals surface area contributed by atoms with Crippen LogP contribution in [0.5, 0.6) is 0 Å². The Balaban J connectivity index is 1.65. The molecule has 0 atom stereocenters. The summed E-state index contributed by atoms with van der Waals surface area (Å²) in [5.41, 5.74) is 5.00. The molecular formula is C16H17N3. The van der Waals surface area contributed by atoms with Gasteiger partial charge in [0.25, 0.3) is 0 Å². The van der Waals surface area contributed by atoms with E-state index in [2.05, 4.69) is 47.7 Å². The first-order chi connectivity index (χ1) is 9.33. The topological polar surface area (TPSA) is 29.3 Å². The van der Waals surface area contributed by atoms with Crippen LogP contribution in [0.3, 0.4) is 0 Å². The lowest BCUT2D eigenvalue weighted by atomic mass is 10.1. The quantitative estimate of drug-likeness (QED) is 0.772. The van der Waals surface area contributed by atoms with Crippen LogP contribution >= 0.6 is 0 Å². The van der Waals surface area contributed by atoms with Crippen molar-refractivity contribution in [3.8, 4) is 0 Å². The van der Waals surface area contributed by atoms with Gasteiger partial charge in [0.15, 0.2) is 0 Å². The van der Waals surface area contributed by atoms with Crippen molar-refractivity contribution in [1.29, 1.82) is 0 Å². The minimum absolute atomic E-state index is 0.835. The zero-order chi connectivity index (χ0) is 13.1. The van der Waals surface area contributed by atoms with Crippen molar-refractivity contribution in [2.45, 2.75) is 20.0 Å². The summed E-state index contributed by atoms with van der Waals surface area (Å²) in [5.74, 6) is 0. The molecule has 3 nitrogen and oxygen atoms in total. The van der Waals surface area contributed by atoms with Gasteiger partial charge in [0, 0.05) is 24.8 Å². The molecule has 0 spiro atoms. The first-order valence-electron chi connectivity index (χ1n) is 6.50. The predicted molar refractivity (Wildman–Crippen MR) is 76.9 cm³/mol. The zero-order valence-electron chi connectivity index (χ0n) is 11.0. The molecule has 0 fully saturated rings. The molecule has 0 aliphatic heterocycles. The Morgan fingerprint density at radius 2 is 1.89 bits per heavy atom. The van der Waals surface area contributed by atoms with Crippen molar-refractivity contribution in [3.63, 3.8) is 0 Å². The summed E-state index contributed by atoms with van der Waals surface area (Å²) in [5, 5.41) is 7.79. The highest BCUT2D eigenvalue weighted by atomic mass is 15.2. The second-order valence-electron chi connectivity index (χ2n) is 4.79. The van der Waals surface area contributed by atoms with Gasteiger partial charge in [-0.2, -0.15) is 5.10 Å². The van der Waals surface area contributed by atoms with Gasteiger partial charge >= 0.3 is 0 Å². The maximum absolute atomic E-state index is 4.33. The molecule has 3 heteroatoms. The number of fused-ring (bicyclic) bond motifs is 1. The van der Waals surface area contributed by atoms with Crippen LogP contribution in [0.4, 0.5) is 0 Å². The summed E-state index contributed by atoms with van der Waals surface area (Å²) in [7, 11) is 0. The highest BCUT2D eigenvalue weighted by Gasteiger charge is 2.02. The van der Waals surface area contributed by atoms with E-state index in [1.54, 1.807) is 0 Å². The minimum Gasteiger partial charge on any atom is -0.308 e. The fraction of sp³-hybridized carbons (Fsp3) is 0.188. The summed E-state index contributed by atoms with van der Waals surface area (Å²) < 4.78 is 1.91. The molecule has 0 bridgehead atoms. The zero-order valence-corrected chi connectivity index (χ0v) is 11.0. The van der Waals surface area contributed by atoms with Gasteiger partial charge in [-0.25, -0.2) is 4.52 Å². The predicted octanol–water partition coefficient (Wildman–Crippen LogP) is 2.93. The van der Waals surface area contributed by atoms with Gasteiger partial charge in [-0.3, -0.25) is 0 Å². The van der Waals surface area contributed by atoms with Crippen LogP contribution in [0.15, 0.2) is 54.9 Å². The molecule has 96 valence electrons. The Kier molecular flexibility index (Phi) is 3.29. The van der Waals surface area contributed by atoms with Crippen molar-refractivity contribution in [2.75, 3.05) is 0 Å². The fourth-order valence-electron chi connectivity index (χ4n) is 2.17. The molecule has 2 aromatic heterocycles. The van der Waals surface area contributed by atoms with Gasteiger partial charge in [-0.05, 0) is 24.6 Å². The summed E-state index contributed by atoms with van der Waals surface area (Å²) in [4.78, 5) is 0. The third-order valence-electron chi connectivity index (χ3n) is 3.27. The summed E-state index contributed by atoms with van der Waals surface area (Å²) >= 11 is 0. The van der Waals surface area contributed by atoms with E-state index in [1.165, 1.54) is 22.2 Å². The van der Waals surface area contributed by atoms with E-state index in [9.17, 15) is 0 Å². The second kappa shape index (κ2) is 5.24. The van der Waals surface area contributed by atoms with Gasteiger partial charge in [-0.15, -0.1) is 0 Å². The summed E-state index contributed by atoms with van der Waals surface area (Å²) in [6.07, 6.45) is 3.90. The smallest absolute Gasteiger partial charge is 0.0706 e. The van der Waals surface area contributed by atoms with Crippen molar-refractivity contribution >= 4 is 5.52 Å². The van der Waals surface area contributed by atoms with E-state index in [4.69, 9.17) is 0 Å². The van der Waals surface area contributed by atoms with Crippen LogP contribution in [0.1, 0.15) is 16.7 Å². The van der Waals surface area contributed by atoms with E-state index < -0.39 is 0 Å². The van der Waals surface area contributed by atoms with E-state index >= 15 is 0 Å². The number of aryl methyl sites for hydroxylation is 1. The monoisotopic (exact) mass is 251 g/mol. The molecule has 19 heavy (non-hydrogen) atoms. The average Bonchev–Trinajstić information content (AvgIpc) is 2.85. The number of hydrogen-bond donors (Lipinski definition) is 1. The highest BCUT2D eigenvalue weighted by molar-refractivity contribution is 5.53. The molecule has 1 N–H and O–H groups in total. The number of aromatic nitrogens is 2. The van der Waals surface area contributed by atoms with E-state index in [0.29, 0.717) is 0 Å². The van der Waals surface area contributed by atoms with Gasteiger partial charge in [0.2, 0.25) is 0 Å². The van der Waals surface area contributed by atoms with Crippen LogP contribution < -0.4 is 5.32 Å². The van der Waals surface area contributed by atoms with Crippen molar-refractivity contribution in [1.82, 2.24) is 14.9 Å². The van der Waals surface area contributed by atoms with Crippen molar-refractivity contribution in [2.24, 2.45) is 0 Å². The molecule has 0 amide bonds. The van der Waals surface area contributed by atoms with Crippen LogP contribution in [-0.4, -0.2) is 9.61 Å². The first-order valence-corrected chi connectivity index (χ1v) is 6.50. The minimum atomic E-state index is 0.835. The van der Waals surface area contributed by atoms with Crippen LogP contribution in [0.25, 0.3) is 5.52 Å². The molecule has 0 saturated heterocycles. The number of nitrogens with one attached hydrogen (secondary N) is 1. The SMILES string of the molecule is Cc1ccc(CNCc2cnn3ccccc23)cc1. The van der Waals surface area contributed by atoms with Gasteiger partial charge in [-0.1, -0.05) is 35.9 Å². The number of rotatable bonds is 4. The van der Waals surface area contributed by atoms with E-state index in [1.807, 2.05) is 29.0 Å². The molecule has 2 heterocycles. The van der Waals surface area contributed by atoms with Gasteiger partial charge < -0.3 is 5.32 Å². The number of pyridine rings is 1. The average molecular weight is 251 g/mol. The van der Waals surface area contributed by atoms with E-state index in [0.717, 1.165) is 13.1 Å². The Bertz CT molecular complexity index is 668. The molecule has 0 saturated carbocycles.